The molecule has 2 aliphatic rings. The van der Waals surface area contributed by atoms with E-state index in [0.29, 0.717) is 23.8 Å². The SMILES string of the molecule is CCCC1NC(CC(C)C)N(C2CCCC2C)C1=O. The van der Waals surface area contributed by atoms with Crippen LogP contribution in [0, 0.1) is 11.8 Å². The topological polar surface area (TPSA) is 32.3 Å². The van der Waals surface area contributed by atoms with Gasteiger partial charge in [-0.15, -0.1) is 0 Å². The predicted octanol–water partition coefficient (Wildman–Crippen LogP) is 3.15. The monoisotopic (exact) mass is 266 g/mol. The molecule has 0 bridgehead atoms. The third-order valence-electron chi connectivity index (χ3n) is 4.73. The summed E-state index contributed by atoms with van der Waals surface area (Å²) in [6, 6.07) is 0.548. The Morgan fingerprint density at radius 2 is 2.11 bits per heavy atom. The molecule has 4 unspecified atom stereocenters. The largest absolute Gasteiger partial charge is 0.323 e. The normalized spacial score (nSPS) is 35.6. The van der Waals surface area contributed by atoms with E-state index in [-0.39, 0.29) is 12.2 Å². The average Bonchev–Trinajstić information content (AvgIpc) is 2.85. The highest BCUT2D eigenvalue weighted by atomic mass is 16.2. The summed E-state index contributed by atoms with van der Waals surface area (Å²) in [5, 5.41) is 3.60. The van der Waals surface area contributed by atoms with Gasteiger partial charge < -0.3 is 4.90 Å². The van der Waals surface area contributed by atoms with E-state index < -0.39 is 0 Å². The Bertz CT molecular complexity index is 316. The fourth-order valence-electron chi connectivity index (χ4n) is 3.77. The van der Waals surface area contributed by atoms with E-state index in [2.05, 4.69) is 37.9 Å². The molecule has 110 valence electrons. The van der Waals surface area contributed by atoms with Gasteiger partial charge in [-0.25, -0.2) is 0 Å². The summed E-state index contributed by atoms with van der Waals surface area (Å²) in [4.78, 5) is 14.9. The summed E-state index contributed by atoms with van der Waals surface area (Å²) in [5.74, 6) is 1.66. The highest BCUT2D eigenvalue weighted by Gasteiger charge is 2.44. The summed E-state index contributed by atoms with van der Waals surface area (Å²) in [6.07, 6.45) is 7.16. The first-order chi connectivity index (χ1) is 9.04. The van der Waals surface area contributed by atoms with Crippen molar-refractivity contribution in [2.45, 2.75) is 84.5 Å². The lowest BCUT2D eigenvalue weighted by molar-refractivity contribution is -0.133. The number of carbonyl (C=O) groups excluding carboxylic acids is 1. The van der Waals surface area contributed by atoms with Gasteiger partial charge >= 0.3 is 0 Å². The Kier molecular flexibility index (Phi) is 4.88. The average molecular weight is 266 g/mol. The van der Waals surface area contributed by atoms with E-state index in [1.54, 1.807) is 0 Å². The lowest BCUT2D eigenvalue weighted by Crippen LogP contribution is -2.46. The summed E-state index contributed by atoms with van der Waals surface area (Å²) in [7, 11) is 0. The summed E-state index contributed by atoms with van der Waals surface area (Å²) in [5.41, 5.74) is 0. The third kappa shape index (κ3) is 3.13. The van der Waals surface area contributed by atoms with Crippen molar-refractivity contribution < 1.29 is 4.79 Å². The molecular weight excluding hydrogens is 236 g/mol. The van der Waals surface area contributed by atoms with Crippen molar-refractivity contribution in [2.24, 2.45) is 11.8 Å². The minimum Gasteiger partial charge on any atom is -0.323 e. The molecule has 0 aromatic rings. The van der Waals surface area contributed by atoms with Crippen molar-refractivity contribution in [2.75, 3.05) is 0 Å². The van der Waals surface area contributed by atoms with Crippen molar-refractivity contribution >= 4 is 5.91 Å². The zero-order chi connectivity index (χ0) is 14.0. The molecule has 1 saturated carbocycles. The van der Waals surface area contributed by atoms with Gasteiger partial charge in [0.2, 0.25) is 5.91 Å². The van der Waals surface area contributed by atoms with Gasteiger partial charge in [-0.3, -0.25) is 10.1 Å². The molecule has 1 saturated heterocycles. The zero-order valence-corrected chi connectivity index (χ0v) is 13.0. The Morgan fingerprint density at radius 1 is 1.37 bits per heavy atom. The quantitative estimate of drug-likeness (QED) is 0.829. The molecule has 4 atom stereocenters. The minimum atomic E-state index is 0.0709. The predicted molar refractivity (Wildman–Crippen MR) is 78.7 cm³/mol. The van der Waals surface area contributed by atoms with Crippen molar-refractivity contribution in [3.8, 4) is 0 Å². The Labute approximate surface area is 118 Å². The lowest BCUT2D eigenvalue weighted by atomic mass is 10.0. The molecule has 1 amide bonds. The fourth-order valence-corrected chi connectivity index (χ4v) is 3.77. The second-order valence-electron chi connectivity index (χ2n) is 6.87. The molecule has 0 aromatic carbocycles. The second-order valence-corrected chi connectivity index (χ2v) is 6.87. The lowest BCUT2D eigenvalue weighted by Gasteiger charge is -2.33. The molecule has 0 radical (unpaired) electrons. The molecule has 3 nitrogen and oxygen atoms in total. The van der Waals surface area contributed by atoms with Crippen LogP contribution in [0.25, 0.3) is 0 Å². The Balaban J connectivity index is 2.12. The van der Waals surface area contributed by atoms with Crippen molar-refractivity contribution in [3.05, 3.63) is 0 Å². The zero-order valence-electron chi connectivity index (χ0n) is 13.0. The van der Waals surface area contributed by atoms with Crippen LogP contribution in [-0.4, -0.2) is 29.1 Å². The van der Waals surface area contributed by atoms with Crippen LogP contribution in [0.5, 0.6) is 0 Å². The maximum Gasteiger partial charge on any atom is 0.241 e. The van der Waals surface area contributed by atoms with Gasteiger partial charge in [0, 0.05) is 6.04 Å². The van der Waals surface area contributed by atoms with Gasteiger partial charge in [-0.1, -0.05) is 40.5 Å². The van der Waals surface area contributed by atoms with E-state index in [0.717, 1.165) is 19.3 Å². The van der Waals surface area contributed by atoms with E-state index in [1.807, 2.05) is 0 Å². The van der Waals surface area contributed by atoms with E-state index in [4.69, 9.17) is 0 Å². The highest BCUT2D eigenvalue weighted by molar-refractivity contribution is 5.84. The first-order valence-electron chi connectivity index (χ1n) is 8.12. The second kappa shape index (κ2) is 6.25. The molecule has 1 aliphatic heterocycles. The van der Waals surface area contributed by atoms with Crippen LogP contribution in [-0.2, 0) is 4.79 Å². The molecular formula is C16H30N2O. The van der Waals surface area contributed by atoms with Crippen LogP contribution in [0.1, 0.15) is 66.2 Å². The first kappa shape index (κ1) is 14.8. The summed E-state index contributed by atoms with van der Waals surface area (Å²) >= 11 is 0. The summed E-state index contributed by atoms with van der Waals surface area (Å²) in [6.45, 7) is 8.96. The smallest absolute Gasteiger partial charge is 0.241 e. The van der Waals surface area contributed by atoms with Gasteiger partial charge in [0.1, 0.15) is 0 Å². The maximum atomic E-state index is 12.7. The van der Waals surface area contributed by atoms with Crippen molar-refractivity contribution in [3.63, 3.8) is 0 Å². The molecule has 19 heavy (non-hydrogen) atoms. The Hall–Kier alpha value is -0.570. The number of nitrogens with one attached hydrogen (secondary N) is 1. The summed E-state index contributed by atoms with van der Waals surface area (Å²) < 4.78 is 0. The molecule has 0 aromatic heterocycles. The molecule has 2 fully saturated rings. The van der Waals surface area contributed by atoms with E-state index in [1.165, 1.54) is 19.3 Å². The van der Waals surface area contributed by atoms with Crippen LogP contribution >= 0.6 is 0 Å². The van der Waals surface area contributed by atoms with Crippen LogP contribution in [0.3, 0.4) is 0 Å². The highest BCUT2D eigenvalue weighted by Crippen LogP contribution is 2.34. The number of hydrogen-bond acceptors (Lipinski definition) is 2. The molecule has 1 heterocycles. The fraction of sp³-hybridized carbons (Fsp3) is 0.938. The minimum absolute atomic E-state index is 0.0709. The van der Waals surface area contributed by atoms with E-state index >= 15 is 0 Å². The Morgan fingerprint density at radius 3 is 2.63 bits per heavy atom. The van der Waals surface area contributed by atoms with Gasteiger partial charge in [0.25, 0.3) is 0 Å². The number of hydrogen-bond donors (Lipinski definition) is 1. The molecule has 2 rings (SSSR count). The van der Waals surface area contributed by atoms with Crippen molar-refractivity contribution in [1.82, 2.24) is 10.2 Å². The van der Waals surface area contributed by atoms with Crippen LogP contribution < -0.4 is 5.32 Å². The molecule has 1 aliphatic carbocycles. The third-order valence-corrected chi connectivity index (χ3v) is 4.73. The molecule has 0 spiro atoms. The van der Waals surface area contributed by atoms with E-state index in [9.17, 15) is 4.79 Å². The van der Waals surface area contributed by atoms with Crippen LogP contribution in [0.4, 0.5) is 0 Å². The van der Waals surface area contributed by atoms with Crippen LogP contribution in [0.2, 0.25) is 0 Å². The number of carbonyl (C=O) groups is 1. The number of amides is 1. The van der Waals surface area contributed by atoms with Gasteiger partial charge in [0.05, 0.1) is 12.2 Å². The first-order valence-corrected chi connectivity index (χ1v) is 8.12. The maximum absolute atomic E-state index is 12.7. The number of rotatable bonds is 5. The molecule has 1 N–H and O–H groups in total. The van der Waals surface area contributed by atoms with Gasteiger partial charge in [-0.2, -0.15) is 0 Å². The standard InChI is InChI=1S/C16H30N2O/c1-5-7-13-16(19)18(14-9-6-8-12(14)4)15(17-13)10-11(2)3/h11-15,17H,5-10H2,1-4H3. The number of nitrogens with zero attached hydrogens (tertiary/aromatic N) is 1. The molecule has 3 heteroatoms. The van der Waals surface area contributed by atoms with Gasteiger partial charge in [0.15, 0.2) is 0 Å². The van der Waals surface area contributed by atoms with Crippen LogP contribution in [0.15, 0.2) is 0 Å². The van der Waals surface area contributed by atoms with Gasteiger partial charge in [-0.05, 0) is 37.5 Å². The van der Waals surface area contributed by atoms with Crippen molar-refractivity contribution in [1.29, 1.82) is 0 Å².